The van der Waals surface area contributed by atoms with Crippen molar-refractivity contribution in [2.24, 2.45) is 7.05 Å². The summed E-state index contributed by atoms with van der Waals surface area (Å²) in [6.45, 7) is 1.99. The third kappa shape index (κ3) is 3.12. The highest BCUT2D eigenvalue weighted by Crippen LogP contribution is 2.28. The van der Waals surface area contributed by atoms with Gasteiger partial charge in [-0.25, -0.2) is 0 Å². The molecule has 3 rings (SSSR count). The molecule has 114 valence electrons. The molecule has 0 unspecified atom stereocenters. The molecule has 4 nitrogen and oxygen atoms in total. The van der Waals surface area contributed by atoms with Gasteiger partial charge in [0.25, 0.3) is 5.91 Å². The molecule has 2 aromatic heterocycles. The zero-order chi connectivity index (χ0) is 14.8. The average Bonchev–Trinajstić information content (AvgIpc) is 2.95. The Morgan fingerprint density at radius 1 is 1.29 bits per heavy atom. The van der Waals surface area contributed by atoms with Crippen molar-refractivity contribution in [3.8, 4) is 0 Å². The molecule has 2 aromatic rings. The molecule has 1 N–H and O–H groups in total. The maximum atomic E-state index is 12.5. The Morgan fingerprint density at radius 3 is 2.62 bits per heavy atom. The highest BCUT2D eigenvalue weighted by Gasteiger charge is 2.18. The summed E-state index contributed by atoms with van der Waals surface area (Å²) < 4.78 is 1.86. The van der Waals surface area contributed by atoms with Crippen LogP contribution in [-0.4, -0.2) is 21.7 Å². The fraction of sp³-hybridized carbons (Fsp3) is 0.625. The third-order valence-electron chi connectivity index (χ3n) is 4.36. The first-order chi connectivity index (χ1) is 10.1. The smallest absolute Gasteiger partial charge is 0.261 e. The maximum Gasteiger partial charge on any atom is 0.261 e. The second-order valence-corrected chi connectivity index (χ2v) is 7.08. The predicted octanol–water partition coefficient (Wildman–Crippen LogP) is 3.79. The zero-order valence-corrected chi connectivity index (χ0v) is 13.6. The number of carbonyl (C=O) groups excluding carboxylic acids is 1. The quantitative estimate of drug-likeness (QED) is 0.917. The van der Waals surface area contributed by atoms with Crippen LogP contribution in [0.15, 0.2) is 6.07 Å². The predicted molar refractivity (Wildman–Crippen MR) is 86.9 cm³/mol. The summed E-state index contributed by atoms with van der Waals surface area (Å²) in [4.78, 5) is 14.4. The summed E-state index contributed by atoms with van der Waals surface area (Å²) in [7, 11) is 1.93. The van der Waals surface area contributed by atoms with E-state index in [1.165, 1.54) is 43.4 Å². The van der Waals surface area contributed by atoms with E-state index in [2.05, 4.69) is 10.4 Å². The number of fused-ring (bicyclic) bond motifs is 1. The lowest BCUT2D eigenvalue weighted by atomic mass is 9.97. The summed E-state index contributed by atoms with van der Waals surface area (Å²) in [5.41, 5.74) is 0.994. The topological polar surface area (TPSA) is 46.9 Å². The first-order valence-electron chi connectivity index (χ1n) is 7.89. The van der Waals surface area contributed by atoms with E-state index in [4.69, 9.17) is 0 Å². The van der Waals surface area contributed by atoms with E-state index in [1.807, 2.05) is 24.7 Å². The standard InChI is InChI=1S/C16H23N3OS/c1-11-13-10-14(21-16(13)19(2)18-11)15(20)17-12-8-6-4-3-5-7-9-12/h10,12H,3-9H2,1-2H3,(H,17,20). The fourth-order valence-electron chi connectivity index (χ4n) is 3.17. The van der Waals surface area contributed by atoms with Gasteiger partial charge in [0.05, 0.1) is 10.6 Å². The van der Waals surface area contributed by atoms with Crippen LogP contribution in [-0.2, 0) is 7.05 Å². The molecule has 0 saturated heterocycles. The van der Waals surface area contributed by atoms with Crippen LogP contribution in [0.25, 0.3) is 10.2 Å². The molecule has 1 aliphatic carbocycles. The number of hydrogen-bond donors (Lipinski definition) is 1. The molecule has 0 spiro atoms. The molecule has 5 heteroatoms. The highest BCUT2D eigenvalue weighted by atomic mass is 32.1. The van der Waals surface area contributed by atoms with Crippen molar-refractivity contribution in [3.63, 3.8) is 0 Å². The SMILES string of the molecule is Cc1nn(C)c2sc(C(=O)NC3CCCCCCC3)cc12. The van der Waals surface area contributed by atoms with Crippen molar-refractivity contribution in [3.05, 3.63) is 16.6 Å². The average molecular weight is 305 g/mol. The Balaban J connectivity index is 1.72. The van der Waals surface area contributed by atoms with Crippen molar-refractivity contribution in [1.82, 2.24) is 15.1 Å². The van der Waals surface area contributed by atoms with Gasteiger partial charge in [0.15, 0.2) is 0 Å². The molecule has 0 radical (unpaired) electrons. The zero-order valence-electron chi connectivity index (χ0n) is 12.8. The minimum Gasteiger partial charge on any atom is -0.349 e. The Morgan fingerprint density at radius 2 is 1.95 bits per heavy atom. The molecule has 0 bridgehead atoms. The molecule has 0 atom stereocenters. The van der Waals surface area contributed by atoms with Crippen LogP contribution < -0.4 is 5.32 Å². The number of nitrogens with one attached hydrogen (secondary N) is 1. The molecule has 0 aromatic carbocycles. The van der Waals surface area contributed by atoms with Gasteiger partial charge in [-0.2, -0.15) is 5.10 Å². The van der Waals surface area contributed by atoms with Gasteiger partial charge in [-0.05, 0) is 25.8 Å². The summed E-state index contributed by atoms with van der Waals surface area (Å²) in [5, 5.41) is 8.72. The van der Waals surface area contributed by atoms with Crippen molar-refractivity contribution in [1.29, 1.82) is 0 Å². The van der Waals surface area contributed by atoms with Crippen LogP contribution in [0.5, 0.6) is 0 Å². The number of nitrogens with zero attached hydrogens (tertiary/aromatic N) is 2. The third-order valence-corrected chi connectivity index (χ3v) is 5.56. The maximum absolute atomic E-state index is 12.5. The first-order valence-corrected chi connectivity index (χ1v) is 8.71. The normalized spacial score (nSPS) is 17.6. The molecule has 1 aliphatic rings. The monoisotopic (exact) mass is 305 g/mol. The van der Waals surface area contributed by atoms with Crippen LogP contribution in [0.1, 0.15) is 60.3 Å². The van der Waals surface area contributed by atoms with Gasteiger partial charge in [0.2, 0.25) is 0 Å². The van der Waals surface area contributed by atoms with Crippen molar-refractivity contribution >= 4 is 27.5 Å². The van der Waals surface area contributed by atoms with Crippen LogP contribution in [0.4, 0.5) is 0 Å². The van der Waals surface area contributed by atoms with Crippen LogP contribution in [0.3, 0.4) is 0 Å². The highest BCUT2D eigenvalue weighted by molar-refractivity contribution is 7.20. The van der Waals surface area contributed by atoms with Gasteiger partial charge in [0.1, 0.15) is 4.83 Å². The Kier molecular flexibility index (Phi) is 4.29. The van der Waals surface area contributed by atoms with Crippen molar-refractivity contribution < 1.29 is 4.79 Å². The molecule has 0 aliphatic heterocycles. The van der Waals surface area contributed by atoms with Crippen molar-refractivity contribution in [2.75, 3.05) is 0 Å². The summed E-state index contributed by atoms with van der Waals surface area (Å²) in [5.74, 6) is 0.0844. The summed E-state index contributed by atoms with van der Waals surface area (Å²) in [6, 6.07) is 2.34. The lowest BCUT2D eigenvalue weighted by Gasteiger charge is -2.20. The second kappa shape index (κ2) is 6.18. The van der Waals surface area contributed by atoms with E-state index >= 15 is 0 Å². The Labute approximate surface area is 129 Å². The van der Waals surface area contributed by atoms with E-state index in [9.17, 15) is 4.79 Å². The molecule has 1 fully saturated rings. The number of carbonyl (C=O) groups is 1. The number of rotatable bonds is 2. The number of aromatic nitrogens is 2. The first kappa shape index (κ1) is 14.6. The van der Waals surface area contributed by atoms with Crippen molar-refractivity contribution in [2.45, 2.75) is 57.9 Å². The molecule has 1 amide bonds. The van der Waals surface area contributed by atoms with E-state index in [1.54, 1.807) is 0 Å². The Bertz CT molecular complexity index is 601. The van der Waals surface area contributed by atoms with Gasteiger partial charge < -0.3 is 5.32 Å². The van der Waals surface area contributed by atoms with E-state index in [0.717, 1.165) is 33.6 Å². The minimum absolute atomic E-state index is 0.0844. The van der Waals surface area contributed by atoms with Gasteiger partial charge in [-0.3, -0.25) is 9.48 Å². The lowest BCUT2D eigenvalue weighted by molar-refractivity contribution is 0.0934. The molecular weight excluding hydrogens is 282 g/mol. The molecule has 21 heavy (non-hydrogen) atoms. The Hall–Kier alpha value is -1.36. The number of aryl methyl sites for hydroxylation is 2. The second-order valence-electron chi connectivity index (χ2n) is 6.05. The minimum atomic E-state index is 0.0844. The molecular formula is C16H23N3OS. The van der Waals surface area contributed by atoms with Gasteiger partial charge >= 0.3 is 0 Å². The number of hydrogen-bond acceptors (Lipinski definition) is 3. The van der Waals surface area contributed by atoms with E-state index < -0.39 is 0 Å². The van der Waals surface area contributed by atoms with E-state index in [-0.39, 0.29) is 5.91 Å². The van der Waals surface area contributed by atoms with E-state index in [0.29, 0.717) is 6.04 Å². The summed E-state index contributed by atoms with van der Waals surface area (Å²) in [6.07, 6.45) is 8.68. The van der Waals surface area contributed by atoms with Gasteiger partial charge in [0, 0.05) is 18.5 Å². The fourth-order valence-corrected chi connectivity index (χ4v) is 4.20. The summed E-state index contributed by atoms with van der Waals surface area (Å²) >= 11 is 1.54. The van der Waals surface area contributed by atoms with Crippen LogP contribution in [0, 0.1) is 6.92 Å². The van der Waals surface area contributed by atoms with Crippen LogP contribution >= 0.6 is 11.3 Å². The number of thiophene rings is 1. The lowest BCUT2D eigenvalue weighted by Crippen LogP contribution is -2.34. The molecule has 2 heterocycles. The van der Waals surface area contributed by atoms with Crippen LogP contribution in [0.2, 0.25) is 0 Å². The van der Waals surface area contributed by atoms with Gasteiger partial charge in [-0.15, -0.1) is 11.3 Å². The molecule has 1 saturated carbocycles. The van der Waals surface area contributed by atoms with Gasteiger partial charge in [-0.1, -0.05) is 32.1 Å². The number of amides is 1. The largest absolute Gasteiger partial charge is 0.349 e.